The predicted molar refractivity (Wildman–Crippen MR) is 104 cm³/mol. The SMILES string of the molecule is COc1cccc(NC(=O)CNc2ccccc2C(=O)NCC(C)C)c1. The summed E-state index contributed by atoms with van der Waals surface area (Å²) in [5.41, 5.74) is 1.79. The van der Waals surface area contributed by atoms with Crippen molar-refractivity contribution in [3.63, 3.8) is 0 Å². The van der Waals surface area contributed by atoms with Crippen LogP contribution in [0.25, 0.3) is 0 Å². The van der Waals surface area contributed by atoms with Gasteiger partial charge in [0.2, 0.25) is 5.91 Å². The van der Waals surface area contributed by atoms with Crippen molar-refractivity contribution < 1.29 is 14.3 Å². The van der Waals surface area contributed by atoms with Gasteiger partial charge in [-0.2, -0.15) is 0 Å². The summed E-state index contributed by atoms with van der Waals surface area (Å²) in [6.45, 7) is 4.72. The minimum absolute atomic E-state index is 0.0473. The Balaban J connectivity index is 1.96. The summed E-state index contributed by atoms with van der Waals surface area (Å²) in [6.07, 6.45) is 0. The van der Waals surface area contributed by atoms with Gasteiger partial charge in [0.25, 0.3) is 5.91 Å². The van der Waals surface area contributed by atoms with Crippen LogP contribution < -0.4 is 20.7 Å². The number of carbonyl (C=O) groups is 2. The van der Waals surface area contributed by atoms with Gasteiger partial charge in [-0.05, 0) is 30.2 Å². The molecule has 2 aromatic carbocycles. The van der Waals surface area contributed by atoms with E-state index in [1.807, 2.05) is 19.9 Å². The van der Waals surface area contributed by atoms with Crippen LogP contribution in [-0.4, -0.2) is 32.0 Å². The molecule has 6 nitrogen and oxygen atoms in total. The van der Waals surface area contributed by atoms with Crippen molar-refractivity contribution in [2.75, 3.05) is 30.8 Å². The number of methoxy groups -OCH3 is 1. The maximum absolute atomic E-state index is 12.3. The summed E-state index contributed by atoms with van der Waals surface area (Å²) in [6, 6.07) is 14.3. The molecule has 0 saturated carbocycles. The Bertz CT molecular complexity index is 759. The first kappa shape index (κ1) is 19.3. The molecule has 0 heterocycles. The third-order valence-corrected chi connectivity index (χ3v) is 3.64. The minimum atomic E-state index is -0.212. The van der Waals surface area contributed by atoms with Crippen LogP contribution in [0.5, 0.6) is 5.75 Å². The molecule has 0 spiro atoms. The van der Waals surface area contributed by atoms with Gasteiger partial charge < -0.3 is 20.7 Å². The fraction of sp³-hybridized carbons (Fsp3) is 0.300. The van der Waals surface area contributed by atoms with Gasteiger partial charge in [-0.25, -0.2) is 0 Å². The first-order valence-corrected chi connectivity index (χ1v) is 8.54. The predicted octanol–water partition coefficient (Wildman–Crippen LogP) is 3.13. The summed E-state index contributed by atoms with van der Waals surface area (Å²) < 4.78 is 5.14. The number of nitrogens with one attached hydrogen (secondary N) is 3. The summed E-state index contributed by atoms with van der Waals surface area (Å²) in [5.74, 6) is 0.668. The molecule has 3 N–H and O–H groups in total. The number of hydrogen-bond acceptors (Lipinski definition) is 4. The first-order chi connectivity index (χ1) is 12.5. The summed E-state index contributed by atoms with van der Waals surface area (Å²) in [4.78, 5) is 24.5. The number of benzene rings is 2. The van der Waals surface area contributed by atoms with E-state index in [9.17, 15) is 9.59 Å². The zero-order chi connectivity index (χ0) is 18.9. The molecule has 0 atom stereocenters. The number of ether oxygens (including phenoxy) is 1. The van der Waals surface area contributed by atoms with Crippen LogP contribution in [0.4, 0.5) is 11.4 Å². The number of carbonyl (C=O) groups excluding carboxylic acids is 2. The Morgan fingerprint density at radius 3 is 2.58 bits per heavy atom. The maximum Gasteiger partial charge on any atom is 0.253 e. The molecule has 0 saturated heterocycles. The highest BCUT2D eigenvalue weighted by atomic mass is 16.5. The first-order valence-electron chi connectivity index (χ1n) is 8.54. The van der Waals surface area contributed by atoms with Gasteiger partial charge in [0.05, 0.1) is 19.2 Å². The van der Waals surface area contributed by atoms with Gasteiger partial charge in [-0.1, -0.05) is 32.0 Å². The van der Waals surface area contributed by atoms with Crippen LogP contribution >= 0.6 is 0 Å². The fourth-order valence-electron chi connectivity index (χ4n) is 2.31. The quantitative estimate of drug-likeness (QED) is 0.680. The van der Waals surface area contributed by atoms with Crippen LogP contribution in [0.2, 0.25) is 0 Å². The molecule has 2 amide bonds. The van der Waals surface area contributed by atoms with E-state index < -0.39 is 0 Å². The minimum Gasteiger partial charge on any atom is -0.497 e. The smallest absolute Gasteiger partial charge is 0.253 e. The van der Waals surface area contributed by atoms with E-state index in [1.165, 1.54) is 0 Å². The molecule has 0 radical (unpaired) electrons. The lowest BCUT2D eigenvalue weighted by atomic mass is 10.1. The Morgan fingerprint density at radius 1 is 1.08 bits per heavy atom. The topological polar surface area (TPSA) is 79.5 Å². The van der Waals surface area contributed by atoms with E-state index in [2.05, 4.69) is 16.0 Å². The second kappa shape index (κ2) is 9.46. The molecular weight excluding hydrogens is 330 g/mol. The molecule has 0 aliphatic carbocycles. The number of rotatable bonds is 8. The molecule has 0 aliphatic rings. The highest BCUT2D eigenvalue weighted by molar-refractivity contribution is 6.00. The van der Waals surface area contributed by atoms with E-state index in [-0.39, 0.29) is 18.4 Å². The van der Waals surface area contributed by atoms with E-state index in [0.717, 1.165) is 0 Å². The van der Waals surface area contributed by atoms with Crippen LogP contribution in [0, 0.1) is 5.92 Å². The van der Waals surface area contributed by atoms with Crippen LogP contribution in [0.3, 0.4) is 0 Å². The fourth-order valence-corrected chi connectivity index (χ4v) is 2.31. The monoisotopic (exact) mass is 355 g/mol. The van der Waals surface area contributed by atoms with E-state index in [0.29, 0.717) is 35.2 Å². The van der Waals surface area contributed by atoms with Crippen molar-refractivity contribution in [2.24, 2.45) is 5.92 Å². The van der Waals surface area contributed by atoms with Crippen molar-refractivity contribution >= 4 is 23.2 Å². The summed E-state index contributed by atoms with van der Waals surface area (Å²) in [5, 5.41) is 8.71. The van der Waals surface area contributed by atoms with Gasteiger partial charge in [0.15, 0.2) is 0 Å². The maximum atomic E-state index is 12.3. The summed E-state index contributed by atoms with van der Waals surface area (Å²) >= 11 is 0. The second-order valence-corrected chi connectivity index (χ2v) is 6.28. The standard InChI is InChI=1S/C20H25N3O3/c1-14(2)12-22-20(25)17-9-4-5-10-18(17)21-13-19(24)23-15-7-6-8-16(11-15)26-3/h4-11,14,21H,12-13H2,1-3H3,(H,22,25)(H,23,24). The number of para-hydroxylation sites is 1. The second-order valence-electron chi connectivity index (χ2n) is 6.28. The van der Waals surface area contributed by atoms with Crippen molar-refractivity contribution in [1.82, 2.24) is 5.32 Å². The molecule has 0 fully saturated rings. The van der Waals surface area contributed by atoms with E-state index >= 15 is 0 Å². The Kier molecular flexibility index (Phi) is 7.02. The average Bonchev–Trinajstić information content (AvgIpc) is 2.64. The zero-order valence-electron chi connectivity index (χ0n) is 15.3. The Labute approximate surface area is 153 Å². The van der Waals surface area contributed by atoms with Crippen molar-refractivity contribution in [1.29, 1.82) is 0 Å². The molecule has 138 valence electrons. The Morgan fingerprint density at radius 2 is 1.85 bits per heavy atom. The average molecular weight is 355 g/mol. The highest BCUT2D eigenvalue weighted by Gasteiger charge is 2.12. The molecule has 0 bridgehead atoms. The molecule has 2 aromatic rings. The molecule has 6 heteroatoms. The summed E-state index contributed by atoms with van der Waals surface area (Å²) in [7, 11) is 1.57. The van der Waals surface area contributed by atoms with Crippen molar-refractivity contribution in [3.05, 3.63) is 54.1 Å². The highest BCUT2D eigenvalue weighted by Crippen LogP contribution is 2.17. The third-order valence-electron chi connectivity index (χ3n) is 3.64. The van der Waals surface area contributed by atoms with Gasteiger partial charge >= 0.3 is 0 Å². The van der Waals surface area contributed by atoms with Gasteiger partial charge in [-0.3, -0.25) is 9.59 Å². The normalized spacial score (nSPS) is 10.3. The third kappa shape index (κ3) is 5.81. The lowest BCUT2D eigenvalue weighted by molar-refractivity contribution is -0.114. The van der Waals surface area contributed by atoms with E-state index in [4.69, 9.17) is 4.74 Å². The molecule has 2 rings (SSSR count). The lowest BCUT2D eigenvalue weighted by Gasteiger charge is -2.13. The van der Waals surface area contributed by atoms with E-state index in [1.54, 1.807) is 49.6 Å². The largest absolute Gasteiger partial charge is 0.497 e. The van der Waals surface area contributed by atoms with Crippen LogP contribution in [0.15, 0.2) is 48.5 Å². The zero-order valence-corrected chi connectivity index (χ0v) is 15.3. The van der Waals surface area contributed by atoms with Crippen molar-refractivity contribution in [2.45, 2.75) is 13.8 Å². The lowest BCUT2D eigenvalue weighted by Crippen LogP contribution is -2.29. The van der Waals surface area contributed by atoms with Crippen molar-refractivity contribution in [3.8, 4) is 5.75 Å². The molecule has 0 unspecified atom stereocenters. The van der Waals surface area contributed by atoms with Gasteiger partial charge in [0.1, 0.15) is 5.75 Å². The molecule has 0 aliphatic heterocycles. The molecule has 0 aromatic heterocycles. The Hall–Kier alpha value is -3.02. The van der Waals surface area contributed by atoms with Crippen LogP contribution in [-0.2, 0) is 4.79 Å². The van der Waals surface area contributed by atoms with Gasteiger partial charge in [-0.15, -0.1) is 0 Å². The van der Waals surface area contributed by atoms with Gasteiger partial charge in [0, 0.05) is 24.0 Å². The van der Waals surface area contributed by atoms with Crippen LogP contribution in [0.1, 0.15) is 24.2 Å². The molecular formula is C20H25N3O3. The molecule has 26 heavy (non-hydrogen) atoms. The number of amides is 2. The number of hydrogen-bond donors (Lipinski definition) is 3. The number of anilines is 2.